The number of benzene rings is 2. The van der Waals surface area contributed by atoms with E-state index in [0.29, 0.717) is 28.3 Å². The number of nitrogens with one attached hydrogen (secondary N) is 2. The van der Waals surface area contributed by atoms with E-state index < -0.39 is 15.9 Å². The number of anilines is 1. The number of carbonyl (C=O) groups is 1. The largest absolute Gasteiger partial charge is 0.507 e. The highest BCUT2D eigenvalue weighted by molar-refractivity contribution is 7.94. The lowest BCUT2D eigenvalue weighted by Crippen LogP contribution is -2.19. The SMILES string of the molecule is COc1ccc(C(C)=NNC(=O)c2ccc(NS(=O)(=O)c3cccs3)cc2)c(O)c1. The van der Waals surface area contributed by atoms with Gasteiger partial charge in [0.1, 0.15) is 15.7 Å². The molecule has 0 fully saturated rings. The van der Waals surface area contributed by atoms with Gasteiger partial charge in [0.05, 0.1) is 12.8 Å². The molecule has 0 bridgehead atoms. The molecule has 0 spiro atoms. The molecule has 3 rings (SSSR count). The predicted molar refractivity (Wildman–Crippen MR) is 116 cm³/mol. The van der Waals surface area contributed by atoms with E-state index in [-0.39, 0.29) is 9.96 Å². The first kappa shape index (κ1) is 21.3. The average Bonchev–Trinajstić information content (AvgIpc) is 3.28. The number of amides is 1. The maximum absolute atomic E-state index is 12.3. The summed E-state index contributed by atoms with van der Waals surface area (Å²) in [6.07, 6.45) is 0. The summed E-state index contributed by atoms with van der Waals surface area (Å²) in [4.78, 5) is 12.3. The van der Waals surface area contributed by atoms with Gasteiger partial charge in [-0.1, -0.05) is 6.07 Å². The van der Waals surface area contributed by atoms with Crippen molar-refractivity contribution < 1.29 is 23.1 Å². The van der Waals surface area contributed by atoms with Crippen molar-refractivity contribution >= 4 is 38.7 Å². The Morgan fingerprint density at radius 3 is 2.47 bits per heavy atom. The van der Waals surface area contributed by atoms with Crippen LogP contribution in [0.4, 0.5) is 5.69 Å². The molecule has 0 unspecified atom stereocenters. The van der Waals surface area contributed by atoms with Gasteiger partial charge in [0.2, 0.25) is 0 Å². The van der Waals surface area contributed by atoms with E-state index in [9.17, 15) is 18.3 Å². The molecule has 10 heteroatoms. The quantitative estimate of drug-likeness (QED) is 0.381. The number of sulfonamides is 1. The highest BCUT2D eigenvalue weighted by Gasteiger charge is 2.15. The number of hydrazone groups is 1. The second-order valence-corrected chi connectivity index (χ2v) is 8.99. The van der Waals surface area contributed by atoms with E-state index in [1.165, 1.54) is 43.5 Å². The fourth-order valence-corrected chi connectivity index (χ4v) is 4.57. The zero-order chi connectivity index (χ0) is 21.7. The van der Waals surface area contributed by atoms with E-state index in [0.717, 1.165) is 11.3 Å². The summed E-state index contributed by atoms with van der Waals surface area (Å²) < 4.78 is 32.2. The summed E-state index contributed by atoms with van der Waals surface area (Å²) in [5.74, 6) is 0.00474. The standard InChI is InChI=1S/C20H19N3O5S2/c1-13(17-10-9-16(28-2)12-18(17)24)21-22-20(25)14-5-7-15(8-6-14)23-30(26,27)19-4-3-11-29-19/h3-12,23-24H,1-2H3,(H,22,25). The number of hydrogen-bond donors (Lipinski definition) is 3. The van der Waals surface area contributed by atoms with Crippen LogP contribution in [-0.4, -0.2) is 32.3 Å². The topological polar surface area (TPSA) is 117 Å². The lowest BCUT2D eigenvalue weighted by molar-refractivity contribution is 0.0955. The number of phenols is 1. The molecule has 8 nitrogen and oxygen atoms in total. The fraction of sp³-hybridized carbons (Fsp3) is 0.100. The van der Waals surface area contributed by atoms with Crippen molar-refractivity contribution in [1.82, 2.24) is 5.43 Å². The normalized spacial score (nSPS) is 11.7. The minimum atomic E-state index is -3.65. The first-order chi connectivity index (χ1) is 14.3. The molecule has 2 aromatic carbocycles. The minimum Gasteiger partial charge on any atom is -0.507 e. The molecule has 1 amide bonds. The molecule has 0 radical (unpaired) electrons. The van der Waals surface area contributed by atoms with E-state index in [1.807, 2.05) is 0 Å². The van der Waals surface area contributed by atoms with Crippen LogP contribution in [0.2, 0.25) is 0 Å². The molecular weight excluding hydrogens is 426 g/mol. The van der Waals surface area contributed by atoms with Crippen molar-refractivity contribution in [1.29, 1.82) is 0 Å². The van der Waals surface area contributed by atoms with Crippen molar-refractivity contribution in [2.24, 2.45) is 5.10 Å². The molecule has 3 aromatic rings. The van der Waals surface area contributed by atoms with Gasteiger partial charge < -0.3 is 9.84 Å². The van der Waals surface area contributed by atoms with E-state index in [4.69, 9.17) is 4.74 Å². The minimum absolute atomic E-state index is 0.0211. The Balaban J connectivity index is 1.67. The van der Waals surface area contributed by atoms with E-state index in [1.54, 1.807) is 30.5 Å². The van der Waals surface area contributed by atoms with Crippen LogP contribution in [0.15, 0.2) is 69.3 Å². The number of methoxy groups -OCH3 is 1. The van der Waals surface area contributed by atoms with Gasteiger partial charge >= 0.3 is 0 Å². The van der Waals surface area contributed by atoms with Crippen molar-refractivity contribution in [2.45, 2.75) is 11.1 Å². The van der Waals surface area contributed by atoms with E-state index in [2.05, 4.69) is 15.2 Å². The molecule has 1 heterocycles. The number of phenolic OH excluding ortho intramolecular Hbond substituents is 1. The molecule has 0 aliphatic carbocycles. The Kier molecular flexibility index (Phi) is 6.38. The van der Waals surface area contributed by atoms with Crippen LogP contribution < -0.4 is 14.9 Å². The third kappa shape index (κ3) is 4.97. The average molecular weight is 446 g/mol. The van der Waals surface area contributed by atoms with Gasteiger partial charge in [-0.25, -0.2) is 13.8 Å². The molecule has 156 valence electrons. The van der Waals surface area contributed by atoms with Crippen molar-refractivity contribution in [3.63, 3.8) is 0 Å². The maximum Gasteiger partial charge on any atom is 0.271 e. The third-order valence-corrected chi connectivity index (χ3v) is 6.86. The van der Waals surface area contributed by atoms with Crippen LogP contribution in [0.1, 0.15) is 22.8 Å². The Hall–Kier alpha value is -3.37. The van der Waals surface area contributed by atoms with Crippen molar-refractivity contribution in [3.8, 4) is 11.5 Å². The zero-order valence-electron chi connectivity index (χ0n) is 16.1. The van der Waals surface area contributed by atoms with Gasteiger partial charge in [-0.2, -0.15) is 5.10 Å². The van der Waals surface area contributed by atoms with Gasteiger partial charge in [-0.3, -0.25) is 9.52 Å². The number of nitrogens with zero attached hydrogens (tertiary/aromatic N) is 1. The third-order valence-electron chi connectivity index (χ3n) is 4.08. The molecule has 0 saturated heterocycles. The second-order valence-electron chi connectivity index (χ2n) is 6.14. The van der Waals surface area contributed by atoms with Crippen LogP contribution in [0.25, 0.3) is 0 Å². The summed E-state index contributed by atoms with van der Waals surface area (Å²) in [5.41, 5.74) is 3.90. The number of hydrogen-bond acceptors (Lipinski definition) is 7. The Labute approximate surface area is 177 Å². The molecule has 0 saturated carbocycles. The number of ether oxygens (including phenoxy) is 1. The van der Waals surface area contributed by atoms with Gasteiger partial charge in [0, 0.05) is 22.9 Å². The van der Waals surface area contributed by atoms with Crippen molar-refractivity contribution in [3.05, 3.63) is 71.1 Å². The number of carbonyl (C=O) groups excluding carboxylic acids is 1. The van der Waals surface area contributed by atoms with E-state index >= 15 is 0 Å². The van der Waals surface area contributed by atoms with Gasteiger partial charge in [0.15, 0.2) is 0 Å². The molecule has 1 aromatic heterocycles. The summed E-state index contributed by atoms with van der Waals surface area (Å²) in [5, 5.41) is 15.7. The Bertz CT molecular complexity index is 1170. The van der Waals surface area contributed by atoms with Crippen molar-refractivity contribution in [2.75, 3.05) is 11.8 Å². The lowest BCUT2D eigenvalue weighted by Gasteiger charge is -2.08. The zero-order valence-corrected chi connectivity index (χ0v) is 17.8. The molecule has 30 heavy (non-hydrogen) atoms. The second kappa shape index (κ2) is 8.97. The summed E-state index contributed by atoms with van der Waals surface area (Å²) in [6.45, 7) is 1.64. The predicted octanol–water partition coefficient (Wildman–Crippen LogP) is 3.42. The molecular formula is C20H19N3O5S2. The lowest BCUT2D eigenvalue weighted by atomic mass is 10.1. The molecule has 0 aliphatic rings. The maximum atomic E-state index is 12.3. The van der Waals surface area contributed by atoms with Crippen LogP contribution >= 0.6 is 11.3 Å². The first-order valence-corrected chi connectivity index (χ1v) is 11.0. The molecule has 3 N–H and O–H groups in total. The summed E-state index contributed by atoms with van der Waals surface area (Å²) in [6, 6.07) is 13.9. The Morgan fingerprint density at radius 2 is 1.87 bits per heavy atom. The van der Waals surface area contributed by atoms with Crippen LogP contribution in [0.5, 0.6) is 11.5 Å². The summed E-state index contributed by atoms with van der Waals surface area (Å²) in [7, 11) is -2.16. The summed E-state index contributed by atoms with van der Waals surface area (Å²) >= 11 is 1.11. The van der Waals surface area contributed by atoms with Gasteiger partial charge in [-0.05, 0) is 54.8 Å². The smallest absolute Gasteiger partial charge is 0.271 e. The number of thiophene rings is 1. The van der Waals surface area contributed by atoms with Crippen LogP contribution in [-0.2, 0) is 10.0 Å². The highest BCUT2D eigenvalue weighted by atomic mass is 32.2. The Morgan fingerprint density at radius 1 is 1.13 bits per heavy atom. The molecule has 0 atom stereocenters. The van der Waals surface area contributed by atoms with Crippen LogP contribution in [0, 0.1) is 0 Å². The monoisotopic (exact) mass is 445 g/mol. The first-order valence-electron chi connectivity index (χ1n) is 8.68. The highest BCUT2D eigenvalue weighted by Crippen LogP contribution is 2.24. The van der Waals surface area contributed by atoms with Gasteiger partial charge in [-0.15, -0.1) is 11.3 Å². The number of rotatable bonds is 7. The number of aromatic hydroxyl groups is 1. The fourth-order valence-electron chi connectivity index (χ4n) is 2.52. The van der Waals surface area contributed by atoms with Crippen LogP contribution in [0.3, 0.4) is 0 Å². The van der Waals surface area contributed by atoms with Gasteiger partial charge in [0.25, 0.3) is 15.9 Å². The molecule has 0 aliphatic heterocycles.